The Kier molecular flexibility index (Phi) is 4.04. The van der Waals surface area contributed by atoms with Gasteiger partial charge in [-0.15, -0.1) is 0 Å². The van der Waals surface area contributed by atoms with Crippen LogP contribution in [0, 0.1) is 17.5 Å². The first-order chi connectivity index (χ1) is 8.90. The fourth-order valence-corrected chi connectivity index (χ4v) is 2.08. The monoisotopic (exact) mass is 305 g/mol. The van der Waals surface area contributed by atoms with Gasteiger partial charge in [0.25, 0.3) is 0 Å². The minimum atomic E-state index is -1.09. The molecule has 6 heteroatoms. The quantitative estimate of drug-likeness (QED) is 0.815. The number of rotatable bonds is 2. The lowest BCUT2D eigenvalue weighted by molar-refractivity contribution is 0.575. The highest BCUT2D eigenvalue weighted by Crippen LogP contribution is 2.30. The van der Waals surface area contributed by atoms with Crippen molar-refractivity contribution in [2.45, 2.75) is 6.04 Å². The Balaban J connectivity index is 2.52. The molecule has 0 spiro atoms. The van der Waals surface area contributed by atoms with E-state index in [9.17, 15) is 13.2 Å². The van der Waals surface area contributed by atoms with Crippen molar-refractivity contribution < 1.29 is 13.2 Å². The molecule has 0 fully saturated rings. The molecule has 2 N–H and O–H groups in total. The van der Waals surface area contributed by atoms with Crippen LogP contribution in [0.15, 0.2) is 30.3 Å². The van der Waals surface area contributed by atoms with Gasteiger partial charge >= 0.3 is 0 Å². The van der Waals surface area contributed by atoms with E-state index < -0.39 is 23.5 Å². The second-order valence-corrected chi connectivity index (χ2v) is 4.75. The van der Waals surface area contributed by atoms with Crippen molar-refractivity contribution in [1.29, 1.82) is 0 Å². The largest absolute Gasteiger partial charge is 0.320 e. The molecule has 2 aromatic carbocycles. The van der Waals surface area contributed by atoms with Gasteiger partial charge in [0.15, 0.2) is 0 Å². The Morgan fingerprint density at radius 1 is 0.842 bits per heavy atom. The van der Waals surface area contributed by atoms with Crippen LogP contribution in [0.3, 0.4) is 0 Å². The summed E-state index contributed by atoms with van der Waals surface area (Å²) in [5, 5.41) is -0.178. The summed E-state index contributed by atoms with van der Waals surface area (Å²) in [6, 6.07) is 4.14. The second kappa shape index (κ2) is 5.41. The molecule has 0 aliphatic heterocycles. The van der Waals surface area contributed by atoms with Crippen molar-refractivity contribution >= 4 is 23.2 Å². The van der Waals surface area contributed by atoms with Gasteiger partial charge in [-0.2, -0.15) is 0 Å². The van der Waals surface area contributed by atoms with E-state index in [2.05, 4.69) is 0 Å². The molecule has 0 aromatic heterocycles. The van der Waals surface area contributed by atoms with Crippen LogP contribution in [0.5, 0.6) is 0 Å². The van der Waals surface area contributed by atoms with Crippen molar-refractivity contribution in [1.82, 2.24) is 0 Å². The van der Waals surface area contributed by atoms with E-state index in [1.54, 1.807) is 0 Å². The fraction of sp³-hybridized carbons (Fsp3) is 0.0769. The van der Waals surface area contributed by atoms with Gasteiger partial charge in [0.05, 0.1) is 11.1 Å². The molecule has 1 unspecified atom stereocenters. The Labute approximate surface area is 117 Å². The van der Waals surface area contributed by atoms with E-state index in [1.165, 1.54) is 6.07 Å². The summed E-state index contributed by atoms with van der Waals surface area (Å²) in [6.07, 6.45) is 0. The molecule has 19 heavy (non-hydrogen) atoms. The van der Waals surface area contributed by atoms with Crippen molar-refractivity contribution in [3.63, 3.8) is 0 Å². The number of benzene rings is 2. The standard InChI is InChI=1S/C13H8Cl2F3N/c14-9-2-1-6(16)3-7(9)13(19)8-4-12(18)10(15)5-11(8)17/h1-5,13H,19H2. The van der Waals surface area contributed by atoms with Crippen LogP contribution in [-0.4, -0.2) is 0 Å². The average Bonchev–Trinajstić information content (AvgIpc) is 2.36. The fourth-order valence-electron chi connectivity index (χ4n) is 1.70. The zero-order chi connectivity index (χ0) is 14.2. The highest BCUT2D eigenvalue weighted by molar-refractivity contribution is 6.31. The molecule has 2 aromatic rings. The van der Waals surface area contributed by atoms with Crippen LogP contribution in [-0.2, 0) is 0 Å². The lowest BCUT2D eigenvalue weighted by Gasteiger charge is -2.15. The SMILES string of the molecule is NC(c1cc(F)c(Cl)cc1F)c1cc(F)ccc1Cl. The van der Waals surface area contributed by atoms with Gasteiger partial charge in [-0.1, -0.05) is 23.2 Å². The van der Waals surface area contributed by atoms with Crippen molar-refractivity contribution in [2.75, 3.05) is 0 Å². The summed E-state index contributed by atoms with van der Waals surface area (Å²) in [4.78, 5) is 0. The molecule has 100 valence electrons. The van der Waals surface area contributed by atoms with E-state index in [0.717, 1.165) is 24.3 Å². The third kappa shape index (κ3) is 2.86. The van der Waals surface area contributed by atoms with Crippen LogP contribution in [0.2, 0.25) is 10.0 Å². The van der Waals surface area contributed by atoms with Gasteiger partial charge in [0.1, 0.15) is 17.5 Å². The molecule has 1 atom stereocenters. The lowest BCUT2D eigenvalue weighted by atomic mass is 9.99. The molecule has 2 rings (SSSR count). The van der Waals surface area contributed by atoms with Gasteiger partial charge in [-0.05, 0) is 35.9 Å². The predicted octanol–water partition coefficient (Wildman–Crippen LogP) is 4.46. The van der Waals surface area contributed by atoms with Crippen LogP contribution >= 0.6 is 23.2 Å². The second-order valence-electron chi connectivity index (χ2n) is 3.93. The van der Waals surface area contributed by atoms with Crippen molar-refractivity contribution in [3.8, 4) is 0 Å². The molecule has 1 nitrogen and oxygen atoms in total. The third-order valence-corrected chi connectivity index (χ3v) is 3.30. The van der Waals surface area contributed by atoms with Gasteiger partial charge in [-0.25, -0.2) is 13.2 Å². The summed E-state index contributed by atoms with van der Waals surface area (Å²) in [7, 11) is 0. The average molecular weight is 306 g/mol. The Morgan fingerprint density at radius 3 is 2.21 bits per heavy atom. The summed E-state index contributed by atoms with van der Waals surface area (Å²) < 4.78 is 40.2. The Hall–Kier alpha value is -1.23. The maximum atomic E-state index is 13.7. The van der Waals surface area contributed by atoms with Gasteiger partial charge in [0, 0.05) is 10.6 Å². The van der Waals surface area contributed by atoms with Gasteiger partial charge in [-0.3, -0.25) is 0 Å². The minimum Gasteiger partial charge on any atom is -0.320 e. The minimum absolute atomic E-state index is 0.144. The van der Waals surface area contributed by atoms with E-state index in [1.807, 2.05) is 0 Å². The van der Waals surface area contributed by atoms with Crippen LogP contribution in [0.1, 0.15) is 17.2 Å². The highest BCUT2D eigenvalue weighted by Gasteiger charge is 2.19. The lowest BCUT2D eigenvalue weighted by Crippen LogP contribution is -2.15. The molecule has 0 heterocycles. The molecular weight excluding hydrogens is 298 g/mol. The first-order valence-corrected chi connectivity index (χ1v) is 6.00. The molecule has 0 bridgehead atoms. The summed E-state index contributed by atoms with van der Waals surface area (Å²) in [6.45, 7) is 0. The smallest absolute Gasteiger partial charge is 0.142 e. The molecule has 0 saturated carbocycles. The summed E-state index contributed by atoms with van der Waals surface area (Å²) in [5.74, 6) is -2.15. The van der Waals surface area contributed by atoms with Crippen molar-refractivity contribution in [2.24, 2.45) is 5.73 Å². The van der Waals surface area contributed by atoms with Gasteiger partial charge < -0.3 is 5.73 Å². The van der Waals surface area contributed by atoms with Crippen molar-refractivity contribution in [3.05, 3.63) is 69.0 Å². The molecule has 0 aliphatic carbocycles. The summed E-state index contributed by atoms with van der Waals surface area (Å²) in [5.41, 5.74) is 5.83. The number of hydrogen-bond acceptors (Lipinski definition) is 1. The zero-order valence-electron chi connectivity index (χ0n) is 9.43. The first-order valence-electron chi connectivity index (χ1n) is 5.25. The zero-order valence-corrected chi connectivity index (χ0v) is 10.9. The van der Waals surface area contributed by atoms with E-state index in [4.69, 9.17) is 28.9 Å². The van der Waals surface area contributed by atoms with E-state index >= 15 is 0 Å². The number of nitrogens with two attached hydrogens (primary N) is 1. The molecule has 0 aliphatic rings. The molecule has 0 radical (unpaired) electrons. The van der Waals surface area contributed by atoms with Crippen LogP contribution in [0.4, 0.5) is 13.2 Å². The Bertz CT molecular complexity index is 632. The highest BCUT2D eigenvalue weighted by atomic mass is 35.5. The molecular formula is C13H8Cl2F3N. The van der Waals surface area contributed by atoms with E-state index in [0.29, 0.717) is 0 Å². The third-order valence-electron chi connectivity index (χ3n) is 2.67. The predicted molar refractivity (Wildman–Crippen MR) is 68.8 cm³/mol. The topological polar surface area (TPSA) is 26.0 Å². The maximum absolute atomic E-state index is 13.7. The molecule has 0 saturated heterocycles. The van der Waals surface area contributed by atoms with Crippen LogP contribution < -0.4 is 5.73 Å². The Morgan fingerprint density at radius 2 is 1.53 bits per heavy atom. The van der Waals surface area contributed by atoms with E-state index in [-0.39, 0.29) is 21.2 Å². The summed E-state index contributed by atoms with van der Waals surface area (Å²) >= 11 is 11.3. The van der Waals surface area contributed by atoms with Crippen LogP contribution in [0.25, 0.3) is 0 Å². The molecule has 0 amide bonds. The maximum Gasteiger partial charge on any atom is 0.142 e. The first kappa shape index (κ1) is 14.2. The number of hydrogen-bond donors (Lipinski definition) is 1. The number of halogens is 5. The normalized spacial score (nSPS) is 12.5. The van der Waals surface area contributed by atoms with Gasteiger partial charge in [0.2, 0.25) is 0 Å².